The van der Waals surface area contributed by atoms with Crippen LogP contribution in [0.15, 0.2) is 30.3 Å². The van der Waals surface area contributed by atoms with Crippen LogP contribution in [0.3, 0.4) is 0 Å². The largest absolute Gasteiger partial charge is 0.381 e. The molecule has 0 amide bonds. The third kappa shape index (κ3) is 4.19. The lowest BCUT2D eigenvalue weighted by molar-refractivity contribution is 0.0967. The van der Waals surface area contributed by atoms with Crippen LogP contribution in [-0.2, 0) is 11.3 Å². The van der Waals surface area contributed by atoms with Crippen LogP contribution in [0.4, 0.5) is 0 Å². The van der Waals surface area contributed by atoms with Crippen LogP contribution in [0.2, 0.25) is 0 Å². The highest BCUT2D eigenvalue weighted by Gasteiger charge is 2.55. The number of hydrogen-bond acceptors (Lipinski definition) is 3. The van der Waals surface area contributed by atoms with E-state index in [4.69, 9.17) is 4.74 Å². The zero-order chi connectivity index (χ0) is 16.2. The summed E-state index contributed by atoms with van der Waals surface area (Å²) < 4.78 is 5.99. The van der Waals surface area contributed by atoms with E-state index >= 15 is 0 Å². The first-order valence-corrected chi connectivity index (χ1v) is 9.96. The van der Waals surface area contributed by atoms with Crippen molar-refractivity contribution >= 4 is 0 Å². The van der Waals surface area contributed by atoms with Crippen molar-refractivity contribution in [2.45, 2.75) is 32.2 Å². The summed E-state index contributed by atoms with van der Waals surface area (Å²) in [7, 11) is 0. The fourth-order valence-corrected chi connectivity index (χ4v) is 4.75. The van der Waals surface area contributed by atoms with Crippen molar-refractivity contribution in [2.75, 3.05) is 45.9 Å². The van der Waals surface area contributed by atoms with Crippen molar-refractivity contribution < 1.29 is 4.74 Å². The Morgan fingerprint density at radius 1 is 0.917 bits per heavy atom. The molecule has 1 aliphatic carbocycles. The third-order valence-electron chi connectivity index (χ3n) is 6.22. The van der Waals surface area contributed by atoms with Crippen LogP contribution in [0.5, 0.6) is 0 Å². The van der Waals surface area contributed by atoms with Gasteiger partial charge in [0.1, 0.15) is 0 Å². The number of likely N-dealkylation sites (tertiary alicyclic amines) is 2. The first-order chi connectivity index (χ1) is 11.9. The molecular weight excluding hydrogens is 296 g/mol. The molecule has 1 aromatic rings. The highest BCUT2D eigenvalue weighted by Crippen LogP contribution is 2.51. The maximum Gasteiger partial charge on any atom is 0.0500 e. The van der Waals surface area contributed by atoms with Gasteiger partial charge in [0.05, 0.1) is 6.61 Å². The van der Waals surface area contributed by atoms with Crippen molar-refractivity contribution in [3.05, 3.63) is 35.9 Å². The second kappa shape index (κ2) is 7.99. The van der Waals surface area contributed by atoms with Gasteiger partial charge in [-0.3, -0.25) is 4.90 Å². The fourth-order valence-electron chi connectivity index (χ4n) is 4.75. The van der Waals surface area contributed by atoms with Crippen LogP contribution in [-0.4, -0.2) is 55.7 Å². The highest BCUT2D eigenvalue weighted by molar-refractivity contribution is 5.15. The topological polar surface area (TPSA) is 15.7 Å². The van der Waals surface area contributed by atoms with E-state index in [1.54, 1.807) is 0 Å². The van der Waals surface area contributed by atoms with Crippen molar-refractivity contribution in [3.63, 3.8) is 0 Å². The van der Waals surface area contributed by atoms with E-state index in [1.807, 2.05) is 0 Å². The van der Waals surface area contributed by atoms with Gasteiger partial charge in [0.15, 0.2) is 0 Å². The molecule has 0 N–H and O–H groups in total. The average molecular weight is 329 g/mol. The summed E-state index contributed by atoms with van der Waals surface area (Å²) in [5, 5.41) is 0. The van der Waals surface area contributed by atoms with E-state index in [9.17, 15) is 0 Å². The molecule has 0 radical (unpaired) electrons. The molecule has 2 heterocycles. The molecule has 0 bridgehead atoms. The number of rotatable bonds is 8. The Morgan fingerprint density at radius 3 is 2.42 bits per heavy atom. The Bertz CT molecular complexity index is 488. The highest BCUT2D eigenvalue weighted by atomic mass is 16.5. The van der Waals surface area contributed by atoms with Gasteiger partial charge in [-0.25, -0.2) is 0 Å². The van der Waals surface area contributed by atoms with Gasteiger partial charge in [0.25, 0.3) is 0 Å². The van der Waals surface area contributed by atoms with Crippen LogP contribution in [0, 0.1) is 17.8 Å². The van der Waals surface area contributed by atoms with Crippen molar-refractivity contribution in [3.8, 4) is 0 Å². The Hall–Kier alpha value is -0.900. The summed E-state index contributed by atoms with van der Waals surface area (Å²) in [5.41, 5.74) is 1.45. The van der Waals surface area contributed by atoms with Gasteiger partial charge in [0, 0.05) is 32.8 Å². The minimum Gasteiger partial charge on any atom is -0.381 e. The molecule has 3 aliphatic rings. The van der Waals surface area contributed by atoms with Crippen molar-refractivity contribution in [1.82, 2.24) is 9.80 Å². The molecule has 24 heavy (non-hydrogen) atoms. The minimum atomic E-state index is 0.854. The molecule has 1 unspecified atom stereocenters. The maximum absolute atomic E-state index is 5.99. The smallest absolute Gasteiger partial charge is 0.0500 e. The average Bonchev–Trinajstić information content (AvgIpc) is 3.08. The summed E-state index contributed by atoms with van der Waals surface area (Å²) in [6.07, 6.45) is 5.43. The zero-order valence-corrected chi connectivity index (χ0v) is 14.9. The number of nitrogens with zero attached hydrogens (tertiary/aromatic N) is 2. The molecule has 3 fully saturated rings. The lowest BCUT2D eigenvalue weighted by Crippen LogP contribution is -2.31. The van der Waals surface area contributed by atoms with Gasteiger partial charge < -0.3 is 9.64 Å². The predicted octanol–water partition coefficient (Wildman–Crippen LogP) is 3.26. The molecule has 1 aromatic carbocycles. The normalized spacial score (nSPS) is 30.4. The standard InChI is InChI=1S/C21H32N2O/c1-3-8-18(9-4-1)14-23-15-19-20(16-23)21(19)17-24-13-7-12-22-10-5-2-6-11-22/h1,3-4,8-9,19-21H,2,5-7,10-17H2/t19-,20+,21?. The Kier molecular flexibility index (Phi) is 5.51. The minimum absolute atomic E-state index is 0.854. The summed E-state index contributed by atoms with van der Waals surface area (Å²) in [6.45, 7) is 9.51. The Balaban J connectivity index is 1.06. The maximum atomic E-state index is 5.99. The van der Waals surface area contributed by atoms with Gasteiger partial charge in [-0.2, -0.15) is 0 Å². The molecule has 3 atom stereocenters. The molecule has 0 aromatic heterocycles. The van der Waals surface area contributed by atoms with Gasteiger partial charge in [0.2, 0.25) is 0 Å². The van der Waals surface area contributed by atoms with Crippen molar-refractivity contribution in [1.29, 1.82) is 0 Å². The molecule has 3 heteroatoms. The summed E-state index contributed by atoms with van der Waals surface area (Å²) in [5.74, 6) is 2.68. The van der Waals surface area contributed by atoms with Gasteiger partial charge >= 0.3 is 0 Å². The molecule has 2 aliphatic heterocycles. The molecular formula is C21H32N2O. The first kappa shape index (κ1) is 16.6. The second-order valence-electron chi connectivity index (χ2n) is 8.00. The molecule has 2 saturated heterocycles. The van der Waals surface area contributed by atoms with Crippen LogP contribution < -0.4 is 0 Å². The van der Waals surface area contributed by atoms with Crippen molar-refractivity contribution in [2.24, 2.45) is 17.8 Å². The lowest BCUT2D eigenvalue weighted by atomic mass is 10.1. The van der Waals surface area contributed by atoms with E-state index in [1.165, 1.54) is 64.0 Å². The van der Waals surface area contributed by atoms with Crippen LogP contribution in [0.25, 0.3) is 0 Å². The van der Waals surface area contributed by atoms with E-state index < -0.39 is 0 Å². The number of benzene rings is 1. The number of piperidine rings is 2. The van der Waals surface area contributed by atoms with Gasteiger partial charge in [-0.05, 0) is 55.7 Å². The summed E-state index contributed by atoms with van der Waals surface area (Å²) in [4.78, 5) is 5.23. The monoisotopic (exact) mass is 328 g/mol. The quantitative estimate of drug-likeness (QED) is 0.681. The SMILES string of the molecule is c1ccc(CN2C[C@@H]3C(COCCCN4CCCCC4)[C@@H]3C2)cc1. The summed E-state index contributed by atoms with van der Waals surface area (Å²) in [6, 6.07) is 10.9. The molecule has 0 spiro atoms. The molecule has 1 saturated carbocycles. The van der Waals surface area contributed by atoms with E-state index in [0.29, 0.717) is 0 Å². The molecule has 3 nitrogen and oxygen atoms in total. The summed E-state index contributed by atoms with van der Waals surface area (Å²) >= 11 is 0. The molecule has 132 valence electrons. The Labute approximate surface area is 147 Å². The Morgan fingerprint density at radius 2 is 1.67 bits per heavy atom. The van der Waals surface area contributed by atoms with Crippen LogP contribution >= 0.6 is 0 Å². The van der Waals surface area contributed by atoms with E-state index in [2.05, 4.69) is 40.1 Å². The second-order valence-corrected chi connectivity index (χ2v) is 8.00. The first-order valence-electron chi connectivity index (χ1n) is 9.96. The predicted molar refractivity (Wildman–Crippen MR) is 97.9 cm³/mol. The zero-order valence-electron chi connectivity index (χ0n) is 14.9. The number of fused-ring (bicyclic) bond motifs is 1. The van der Waals surface area contributed by atoms with Gasteiger partial charge in [-0.1, -0.05) is 36.8 Å². The van der Waals surface area contributed by atoms with E-state index in [-0.39, 0.29) is 0 Å². The lowest BCUT2D eigenvalue weighted by Gasteiger charge is -2.26. The third-order valence-corrected chi connectivity index (χ3v) is 6.22. The molecule has 4 rings (SSSR count). The van der Waals surface area contributed by atoms with Crippen LogP contribution in [0.1, 0.15) is 31.2 Å². The number of ether oxygens (including phenoxy) is 1. The van der Waals surface area contributed by atoms with E-state index in [0.717, 1.165) is 37.5 Å². The number of hydrogen-bond donors (Lipinski definition) is 0. The van der Waals surface area contributed by atoms with Gasteiger partial charge in [-0.15, -0.1) is 0 Å². The fraction of sp³-hybridized carbons (Fsp3) is 0.714.